The van der Waals surface area contributed by atoms with E-state index in [9.17, 15) is 14.7 Å². The topological polar surface area (TPSA) is 80.0 Å². The molecule has 0 bridgehead atoms. The average Bonchev–Trinajstić information content (AvgIpc) is 3.33. The third-order valence-electron chi connectivity index (χ3n) is 6.17. The molecular weight excluding hydrogens is 406 g/mol. The van der Waals surface area contributed by atoms with E-state index in [4.69, 9.17) is 9.15 Å². The van der Waals surface area contributed by atoms with Crippen LogP contribution in [0.1, 0.15) is 69.1 Å². The first-order valence-corrected chi connectivity index (χ1v) is 11.5. The first-order chi connectivity index (χ1) is 15.4. The van der Waals surface area contributed by atoms with Gasteiger partial charge in [0, 0.05) is 11.6 Å². The van der Waals surface area contributed by atoms with Gasteiger partial charge < -0.3 is 19.2 Å². The van der Waals surface area contributed by atoms with Crippen molar-refractivity contribution < 1.29 is 23.8 Å². The lowest BCUT2D eigenvalue weighted by Crippen LogP contribution is -2.40. The lowest BCUT2D eigenvalue weighted by atomic mass is 9.92. The highest BCUT2D eigenvalue weighted by atomic mass is 16.5. The van der Waals surface area contributed by atoms with Gasteiger partial charge in [-0.2, -0.15) is 0 Å². The molecule has 2 heterocycles. The molecule has 2 aromatic rings. The Labute approximate surface area is 188 Å². The van der Waals surface area contributed by atoms with E-state index in [0.717, 1.165) is 32.1 Å². The van der Waals surface area contributed by atoms with Gasteiger partial charge in [0.05, 0.1) is 12.2 Å². The summed E-state index contributed by atoms with van der Waals surface area (Å²) < 4.78 is 11.7. The molecule has 1 atom stereocenters. The first-order valence-electron chi connectivity index (χ1n) is 11.5. The minimum absolute atomic E-state index is 0.0402. The Morgan fingerprint density at radius 2 is 1.91 bits per heavy atom. The van der Waals surface area contributed by atoms with Crippen molar-refractivity contribution in [3.05, 3.63) is 59.1 Å². The van der Waals surface area contributed by atoms with E-state index in [2.05, 4.69) is 13.8 Å². The number of hydrogen-bond acceptors (Lipinski definition) is 5. The molecule has 1 aliphatic carbocycles. The number of aliphatic hydroxyl groups is 1. The van der Waals surface area contributed by atoms with Crippen LogP contribution in [0, 0.1) is 12.8 Å². The molecule has 1 N–H and O–H groups in total. The number of Topliss-reactive ketones (excluding diaryl/α,β-unsaturated/α-hetero) is 1. The molecular formula is C26H31NO5. The number of benzene rings is 1. The van der Waals surface area contributed by atoms with Gasteiger partial charge in [-0.25, -0.2) is 0 Å². The van der Waals surface area contributed by atoms with Crippen molar-refractivity contribution in [1.82, 2.24) is 4.90 Å². The van der Waals surface area contributed by atoms with Crippen molar-refractivity contribution in [2.45, 2.75) is 65.0 Å². The zero-order chi connectivity index (χ0) is 22.8. The molecule has 1 aromatic heterocycles. The molecule has 6 nitrogen and oxygen atoms in total. The number of aryl methyl sites for hydroxylation is 1. The van der Waals surface area contributed by atoms with Crippen LogP contribution >= 0.6 is 0 Å². The number of ether oxygens (including phenoxy) is 1. The minimum atomic E-state index is -0.730. The molecule has 32 heavy (non-hydrogen) atoms. The normalized spacial score (nSPS) is 21.5. The van der Waals surface area contributed by atoms with Crippen LogP contribution in [0.4, 0.5) is 0 Å². The van der Waals surface area contributed by atoms with Gasteiger partial charge in [-0.3, -0.25) is 9.59 Å². The Balaban J connectivity index is 1.78. The van der Waals surface area contributed by atoms with Crippen LogP contribution in [-0.4, -0.2) is 34.3 Å². The molecule has 0 spiro atoms. The van der Waals surface area contributed by atoms with Crippen molar-refractivity contribution in [1.29, 1.82) is 0 Å². The summed E-state index contributed by atoms with van der Waals surface area (Å²) in [5.41, 5.74) is 0.525. The largest absolute Gasteiger partial charge is 0.507 e. The molecule has 1 saturated carbocycles. The molecule has 6 heteroatoms. The van der Waals surface area contributed by atoms with Crippen LogP contribution in [0.5, 0.6) is 5.75 Å². The van der Waals surface area contributed by atoms with Gasteiger partial charge >= 0.3 is 0 Å². The summed E-state index contributed by atoms with van der Waals surface area (Å²) in [6.07, 6.45) is 4.87. The van der Waals surface area contributed by atoms with Gasteiger partial charge in [0.15, 0.2) is 0 Å². The highest BCUT2D eigenvalue weighted by molar-refractivity contribution is 6.46. The Hall–Kier alpha value is -3.02. The van der Waals surface area contributed by atoms with Crippen LogP contribution in [0.25, 0.3) is 5.76 Å². The first kappa shape index (κ1) is 22.2. The van der Waals surface area contributed by atoms with Crippen LogP contribution in [0.15, 0.2) is 46.4 Å². The fourth-order valence-electron chi connectivity index (χ4n) is 4.62. The molecule has 2 fully saturated rings. The smallest absolute Gasteiger partial charge is 0.296 e. The summed E-state index contributed by atoms with van der Waals surface area (Å²) >= 11 is 0. The standard InChI is InChI=1S/C26H31NO5/c1-16(2)15-31-20-11-7-8-18(14-20)24(28)22-23(21-13-12-17(3)32-21)27(26(30)25(22)29)19-9-5-4-6-10-19/h7-8,11-14,16,19,23,28H,4-6,9-10,15H2,1-3H3/b24-22-. The fraction of sp³-hybridized carbons (Fsp3) is 0.462. The third kappa shape index (κ3) is 4.31. The molecule has 2 aliphatic rings. The highest BCUT2D eigenvalue weighted by Crippen LogP contribution is 2.43. The number of ketones is 1. The van der Waals surface area contributed by atoms with E-state index >= 15 is 0 Å². The predicted molar refractivity (Wildman–Crippen MR) is 121 cm³/mol. The number of carbonyl (C=O) groups excluding carboxylic acids is 2. The minimum Gasteiger partial charge on any atom is -0.507 e. The van der Waals surface area contributed by atoms with Crippen molar-refractivity contribution in [2.24, 2.45) is 5.92 Å². The van der Waals surface area contributed by atoms with E-state index < -0.39 is 17.7 Å². The van der Waals surface area contributed by atoms with Crippen LogP contribution in [-0.2, 0) is 9.59 Å². The molecule has 1 amide bonds. The lowest BCUT2D eigenvalue weighted by Gasteiger charge is -2.34. The Morgan fingerprint density at radius 3 is 2.56 bits per heavy atom. The molecule has 1 aliphatic heterocycles. The summed E-state index contributed by atoms with van der Waals surface area (Å²) in [7, 11) is 0. The van der Waals surface area contributed by atoms with Gasteiger partial charge in [-0.15, -0.1) is 0 Å². The molecule has 1 unspecified atom stereocenters. The second kappa shape index (κ2) is 9.23. The average molecular weight is 438 g/mol. The highest BCUT2D eigenvalue weighted by Gasteiger charge is 2.50. The Kier molecular flexibility index (Phi) is 6.40. The van der Waals surface area contributed by atoms with Gasteiger partial charge in [-0.05, 0) is 49.9 Å². The van der Waals surface area contributed by atoms with E-state index in [0.29, 0.717) is 35.4 Å². The van der Waals surface area contributed by atoms with Crippen LogP contribution < -0.4 is 4.74 Å². The Morgan fingerprint density at radius 1 is 1.16 bits per heavy atom. The van der Waals surface area contributed by atoms with Crippen LogP contribution in [0.2, 0.25) is 0 Å². The monoisotopic (exact) mass is 437 g/mol. The Bertz CT molecular complexity index is 1030. The van der Waals surface area contributed by atoms with Gasteiger partial charge in [0.25, 0.3) is 11.7 Å². The van der Waals surface area contributed by atoms with E-state index in [1.807, 2.05) is 19.1 Å². The fourth-order valence-corrected chi connectivity index (χ4v) is 4.62. The maximum Gasteiger partial charge on any atom is 0.296 e. The molecule has 0 radical (unpaired) electrons. The molecule has 4 rings (SSSR count). The summed E-state index contributed by atoms with van der Waals surface area (Å²) in [4.78, 5) is 28.0. The third-order valence-corrected chi connectivity index (χ3v) is 6.17. The van der Waals surface area contributed by atoms with Crippen molar-refractivity contribution in [3.8, 4) is 5.75 Å². The van der Waals surface area contributed by atoms with Gasteiger partial charge in [-0.1, -0.05) is 45.2 Å². The number of nitrogens with zero attached hydrogens (tertiary/aromatic N) is 1. The van der Waals surface area contributed by atoms with Gasteiger partial charge in [0.1, 0.15) is 29.1 Å². The zero-order valence-corrected chi connectivity index (χ0v) is 19.0. The van der Waals surface area contributed by atoms with E-state index in [-0.39, 0.29) is 17.4 Å². The number of furan rings is 1. The summed E-state index contributed by atoms with van der Waals surface area (Å²) in [5.74, 6) is 0.727. The SMILES string of the molecule is Cc1ccc(C2/C(=C(/O)c3cccc(OCC(C)C)c3)C(=O)C(=O)N2C2CCCCC2)o1. The lowest BCUT2D eigenvalue weighted by molar-refractivity contribution is -0.142. The second-order valence-electron chi connectivity index (χ2n) is 9.18. The maximum absolute atomic E-state index is 13.2. The number of hydrogen-bond donors (Lipinski definition) is 1. The number of aliphatic hydroxyl groups excluding tert-OH is 1. The zero-order valence-electron chi connectivity index (χ0n) is 19.0. The number of carbonyl (C=O) groups is 2. The van der Waals surface area contributed by atoms with Crippen molar-refractivity contribution in [3.63, 3.8) is 0 Å². The number of amides is 1. The maximum atomic E-state index is 13.2. The summed E-state index contributed by atoms with van der Waals surface area (Å²) in [5, 5.41) is 11.2. The van der Waals surface area contributed by atoms with E-state index in [1.54, 1.807) is 29.2 Å². The quantitative estimate of drug-likeness (QED) is 0.373. The van der Waals surface area contributed by atoms with Gasteiger partial charge in [0.2, 0.25) is 0 Å². The second-order valence-corrected chi connectivity index (χ2v) is 9.18. The van der Waals surface area contributed by atoms with Crippen LogP contribution in [0.3, 0.4) is 0 Å². The summed E-state index contributed by atoms with van der Waals surface area (Å²) in [6, 6.07) is 9.84. The molecule has 1 saturated heterocycles. The predicted octanol–water partition coefficient (Wildman–Crippen LogP) is 5.38. The molecule has 170 valence electrons. The van der Waals surface area contributed by atoms with E-state index in [1.165, 1.54) is 0 Å². The van der Waals surface area contributed by atoms with Crippen molar-refractivity contribution in [2.75, 3.05) is 6.61 Å². The van der Waals surface area contributed by atoms with Crippen molar-refractivity contribution >= 4 is 17.4 Å². The summed E-state index contributed by atoms with van der Waals surface area (Å²) in [6.45, 7) is 6.48. The molecule has 1 aromatic carbocycles. The number of rotatable bonds is 6. The number of likely N-dealkylation sites (tertiary alicyclic amines) is 1.